The van der Waals surface area contributed by atoms with Crippen LogP contribution >= 0.6 is 23.1 Å². The fourth-order valence-electron chi connectivity index (χ4n) is 3.72. The predicted octanol–water partition coefficient (Wildman–Crippen LogP) is 4.22. The van der Waals surface area contributed by atoms with Crippen molar-refractivity contribution in [2.45, 2.75) is 69.2 Å². The Morgan fingerprint density at radius 2 is 2.00 bits per heavy atom. The molecule has 4 rings (SSSR count). The van der Waals surface area contributed by atoms with Gasteiger partial charge >= 0.3 is 0 Å². The second-order valence-corrected chi connectivity index (χ2v) is 8.99. The number of carbonyl (C=O) groups is 1. The summed E-state index contributed by atoms with van der Waals surface area (Å²) >= 11 is 3.23. The van der Waals surface area contributed by atoms with E-state index in [2.05, 4.69) is 45.0 Å². The van der Waals surface area contributed by atoms with E-state index in [9.17, 15) is 4.79 Å². The summed E-state index contributed by atoms with van der Waals surface area (Å²) in [6.45, 7) is 4.33. The number of carbonyl (C=O) groups excluding carboxylic acids is 1. The molecule has 2 aromatic rings. The molecule has 7 heteroatoms. The van der Waals surface area contributed by atoms with Gasteiger partial charge in [-0.15, -0.1) is 21.5 Å². The van der Waals surface area contributed by atoms with Crippen molar-refractivity contribution in [3.05, 3.63) is 17.5 Å². The van der Waals surface area contributed by atoms with Crippen LogP contribution in [0.2, 0.25) is 0 Å². The van der Waals surface area contributed by atoms with Crippen LogP contribution in [0.5, 0.6) is 0 Å². The smallest absolute Gasteiger partial charge is 0.233 e. The normalized spacial score (nSPS) is 23.8. The molecule has 134 valence electrons. The van der Waals surface area contributed by atoms with E-state index in [1.54, 1.807) is 23.1 Å². The zero-order chi connectivity index (χ0) is 17.4. The van der Waals surface area contributed by atoms with Crippen molar-refractivity contribution in [2.24, 2.45) is 0 Å². The molecule has 2 atom stereocenters. The molecular weight excluding hydrogens is 352 g/mol. The highest BCUT2D eigenvalue weighted by Crippen LogP contribution is 2.41. The molecule has 1 saturated carbocycles. The van der Waals surface area contributed by atoms with Gasteiger partial charge in [-0.2, -0.15) is 0 Å². The summed E-state index contributed by atoms with van der Waals surface area (Å²) in [5.74, 6) is 1.63. The third-order valence-corrected chi connectivity index (χ3v) is 6.92. The first-order valence-corrected chi connectivity index (χ1v) is 10.9. The van der Waals surface area contributed by atoms with Crippen LogP contribution in [0.3, 0.4) is 0 Å². The number of thioether (sulfide) groups is 1. The van der Waals surface area contributed by atoms with Gasteiger partial charge in [0.15, 0.2) is 11.0 Å². The van der Waals surface area contributed by atoms with Crippen molar-refractivity contribution in [1.82, 2.24) is 19.7 Å². The lowest BCUT2D eigenvalue weighted by molar-refractivity contribution is -0.134. The molecule has 1 aliphatic carbocycles. The van der Waals surface area contributed by atoms with Gasteiger partial charge in [0.25, 0.3) is 0 Å². The number of thiophene rings is 1. The number of piperidine rings is 1. The lowest BCUT2D eigenvalue weighted by atomic mass is 9.98. The number of hydrogen-bond donors (Lipinski definition) is 0. The third-order valence-electron chi connectivity index (χ3n) is 5.12. The Bertz CT molecular complexity index is 728. The van der Waals surface area contributed by atoms with E-state index in [0.29, 0.717) is 23.9 Å². The topological polar surface area (TPSA) is 51.0 Å². The van der Waals surface area contributed by atoms with Gasteiger partial charge in [-0.1, -0.05) is 17.8 Å². The van der Waals surface area contributed by atoms with Crippen LogP contribution in [-0.2, 0) is 4.79 Å². The summed E-state index contributed by atoms with van der Waals surface area (Å²) in [7, 11) is 0. The molecule has 1 aliphatic heterocycles. The molecule has 5 nitrogen and oxygen atoms in total. The standard InChI is InChI=1S/C18H24N4OS2/c1-12-5-3-6-13(2)21(12)16(23)11-25-18-20-19-17(15-7-4-10-24-15)22(18)14-8-9-14/h4,7,10,12-14H,3,5-6,8-9,11H2,1-2H3/t12-,13+. The Morgan fingerprint density at radius 3 is 2.64 bits per heavy atom. The zero-order valence-corrected chi connectivity index (χ0v) is 16.4. The summed E-state index contributed by atoms with van der Waals surface area (Å²) in [6.07, 6.45) is 5.80. The van der Waals surface area contributed by atoms with Gasteiger partial charge in [-0.05, 0) is 57.4 Å². The van der Waals surface area contributed by atoms with Gasteiger partial charge in [0.1, 0.15) is 0 Å². The number of aromatic nitrogens is 3. The minimum Gasteiger partial charge on any atom is -0.337 e. The summed E-state index contributed by atoms with van der Waals surface area (Å²) in [5.41, 5.74) is 0. The van der Waals surface area contributed by atoms with E-state index in [-0.39, 0.29) is 5.91 Å². The average Bonchev–Trinajstić information content (AvgIpc) is 3.11. The molecule has 3 heterocycles. The van der Waals surface area contributed by atoms with E-state index >= 15 is 0 Å². The number of rotatable bonds is 5. The van der Waals surface area contributed by atoms with Crippen molar-refractivity contribution in [3.8, 4) is 10.7 Å². The quantitative estimate of drug-likeness (QED) is 0.733. The van der Waals surface area contributed by atoms with E-state index in [1.165, 1.54) is 19.3 Å². The first kappa shape index (κ1) is 17.1. The van der Waals surface area contributed by atoms with Crippen LogP contribution in [0.25, 0.3) is 10.7 Å². The number of hydrogen-bond acceptors (Lipinski definition) is 5. The van der Waals surface area contributed by atoms with Crippen LogP contribution in [0.4, 0.5) is 0 Å². The van der Waals surface area contributed by atoms with Crippen LogP contribution in [-0.4, -0.2) is 43.4 Å². The molecule has 1 saturated heterocycles. The molecule has 0 N–H and O–H groups in total. The number of amides is 1. The molecule has 0 spiro atoms. The molecule has 0 unspecified atom stereocenters. The van der Waals surface area contributed by atoms with Gasteiger partial charge in [0, 0.05) is 18.1 Å². The van der Waals surface area contributed by atoms with Crippen molar-refractivity contribution >= 4 is 29.0 Å². The molecule has 0 radical (unpaired) electrons. The minimum atomic E-state index is 0.229. The second kappa shape index (κ2) is 7.11. The lowest BCUT2D eigenvalue weighted by Gasteiger charge is -2.39. The molecule has 0 aromatic carbocycles. The Kier molecular flexibility index (Phi) is 4.86. The van der Waals surface area contributed by atoms with Gasteiger partial charge < -0.3 is 4.90 Å². The van der Waals surface area contributed by atoms with Crippen LogP contribution < -0.4 is 0 Å². The number of nitrogens with zero attached hydrogens (tertiary/aromatic N) is 4. The van der Waals surface area contributed by atoms with E-state index in [4.69, 9.17) is 0 Å². The largest absolute Gasteiger partial charge is 0.337 e. The van der Waals surface area contributed by atoms with Crippen LogP contribution in [0, 0.1) is 0 Å². The van der Waals surface area contributed by atoms with Gasteiger partial charge in [-0.3, -0.25) is 9.36 Å². The van der Waals surface area contributed by atoms with Gasteiger partial charge in [0.05, 0.1) is 10.6 Å². The maximum absolute atomic E-state index is 12.8. The maximum atomic E-state index is 12.8. The second-order valence-electron chi connectivity index (χ2n) is 7.10. The van der Waals surface area contributed by atoms with Gasteiger partial charge in [-0.25, -0.2) is 0 Å². The molecular formula is C18H24N4OS2. The average molecular weight is 377 g/mol. The van der Waals surface area contributed by atoms with E-state index in [1.807, 2.05) is 6.07 Å². The molecule has 0 bridgehead atoms. The van der Waals surface area contributed by atoms with Crippen molar-refractivity contribution < 1.29 is 4.79 Å². The van der Waals surface area contributed by atoms with Crippen LogP contribution in [0.1, 0.15) is 52.0 Å². The summed E-state index contributed by atoms with van der Waals surface area (Å²) in [5, 5.41) is 11.8. The first-order chi connectivity index (χ1) is 12.1. The Hall–Kier alpha value is -1.34. The molecule has 2 aromatic heterocycles. The Balaban J connectivity index is 1.49. The fraction of sp³-hybridized carbons (Fsp3) is 0.611. The zero-order valence-electron chi connectivity index (χ0n) is 14.7. The fourth-order valence-corrected chi connectivity index (χ4v) is 5.31. The monoisotopic (exact) mass is 376 g/mol. The number of likely N-dealkylation sites (tertiary alicyclic amines) is 1. The van der Waals surface area contributed by atoms with E-state index < -0.39 is 0 Å². The maximum Gasteiger partial charge on any atom is 0.233 e. The molecule has 25 heavy (non-hydrogen) atoms. The SMILES string of the molecule is C[C@@H]1CCC[C@H](C)N1C(=O)CSc1nnc(-c2cccs2)n1C1CC1. The van der Waals surface area contributed by atoms with E-state index in [0.717, 1.165) is 28.7 Å². The summed E-state index contributed by atoms with van der Waals surface area (Å²) in [4.78, 5) is 16.0. The Morgan fingerprint density at radius 1 is 1.24 bits per heavy atom. The lowest BCUT2D eigenvalue weighted by Crippen LogP contribution is -2.48. The Labute approximate surface area is 156 Å². The highest BCUT2D eigenvalue weighted by molar-refractivity contribution is 7.99. The first-order valence-electron chi connectivity index (χ1n) is 9.08. The highest BCUT2D eigenvalue weighted by Gasteiger charge is 2.32. The molecule has 2 fully saturated rings. The molecule has 1 amide bonds. The van der Waals surface area contributed by atoms with Crippen molar-refractivity contribution in [2.75, 3.05) is 5.75 Å². The van der Waals surface area contributed by atoms with Crippen LogP contribution in [0.15, 0.2) is 22.7 Å². The van der Waals surface area contributed by atoms with Crippen molar-refractivity contribution in [3.63, 3.8) is 0 Å². The van der Waals surface area contributed by atoms with Crippen molar-refractivity contribution in [1.29, 1.82) is 0 Å². The molecule has 2 aliphatic rings. The minimum absolute atomic E-state index is 0.229. The van der Waals surface area contributed by atoms with Gasteiger partial charge in [0.2, 0.25) is 5.91 Å². The summed E-state index contributed by atoms with van der Waals surface area (Å²) in [6, 6.07) is 5.32. The summed E-state index contributed by atoms with van der Waals surface area (Å²) < 4.78 is 2.24. The highest BCUT2D eigenvalue weighted by atomic mass is 32.2. The predicted molar refractivity (Wildman–Crippen MR) is 102 cm³/mol. The third kappa shape index (κ3) is 3.49.